The van der Waals surface area contributed by atoms with E-state index in [2.05, 4.69) is 26.2 Å². The number of aromatic hydroxyl groups is 1. The Kier molecular flexibility index (Phi) is 3.98. The molecule has 2 aromatic rings. The lowest BCUT2D eigenvalue weighted by molar-refractivity contribution is 0.0697. The van der Waals surface area contributed by atoms with Crippen LogP contribution in [-0.2, 0) is 0 Å². The van der Waals surface area contributed by atoms with Gasteiger partial charge < -0.3 is 10.2 Å². The molecule has 0 unspecified atom stereocenters. The van der Waals surface area contributed by atoms with E-state index in [0.717, 1.165) is 0 Å². The van der Waals surface area contributed by atoms with Crippen molar-refractivity contribution in [2.45, 2.75) is 0 Å². The predicted molar refractivity (Wildman–Crippen MR) is 74.6 cm³/mol. The van der Waals surface area contributed by atoms with Crippen molar-refractivity contribution in [1.29, 1.82) is 0 Å². The van der Waals surface area contributed by atoms with E-state index in [0.29, 0.717) is 4.47 Å². The largest absolute Gasteiger partial charge is 0.493 e. The number of aromatic carboxylic acids is 1. The lowest BCUT2D eigenvalue weighted by atomic mass is 10.2. The molecule has 0 radical (unpaired) electrons. The number of carboxylic acids is 1. The third-order valence-electron chi connectivity index (χ3n) is 2.35. The summed E-state index contributed by atoms with van der Waals surface area (Å²) in [6.45, 7) is 0. The van der Waals surface area contributed by atoms with Crippen LogP contribution in [0.4, 0.5) is 11.4 Å². The predicted octanol–water partition coefficient (Wildman–Crippen LogP) is 1.64. The molecule has 0 aliphatic heterocycles. The first-order valence-corrected chi connectivity index (χ1v) is 6.18. The number of halogens is 1. The fourth-order valence-corrected chi connectivity index (χ4v) is 1.79. The van der Waals surface area contributed by atoms with Gasteiger partial charge in [0.1, 0.15) is 5.69 Å². The normalized spacial score (nSPS) is 10.9. The van der Waals surface area contributed by atoms with Gasteiger partial charge in [0.15, 0.2) is 0 Å². The third kappa shape index (κ3) is 3.23. The van der Waals surface area contributed by atoms with E-state index in [4.69, 9.17) is 5.11 Å². The summed E-state index contributed by atoms with van der Waals surface area (Å²) in [5.74, 6) is -1.99. The summed E-state index contributed by atoms with van der Waals surface area (Å²) >= 11 is 3.12. The van der Waals surface area contributed by atoms with E-state index in [-0.39, 0.29) is 11.3 Å². The fraction of sp³-hybridized carbons (Fsp3) is 0. The molecule has 108 valence electrons. The Bertz CT molecular complexity index is 854. The number of carboxylic acid groups (broad SMARTS) is 1. The zero-order valence-corrected chi connectivity index (χ0v) is 11.7. The molecule has 0 fully saturated rings. The first-order valence-electron chi connectivity index (χ1n) is 5.38. The number of aromatic nitrogens is 2. The van der Waals surface area contributed by atoms with Crippen molar-refractivity contribution in [3.63, 3.8) is 0 Å². The summed E-state index contributed by atoms with van der Waals surface area (Å²) in [6, 6.07) is 4.22. The Balaban J connectivity index is 2.50. The molecular weight excluding hydrogens is 348 g/mol. The van der Waals surface area contributed by atoms with Gasteiger partial charge >= 0.3 is 11.7 Å². The fourth-order valence-electron chi connectivity index (χ4n) is 1.43. The highest BCUT2D eigenvalue weighted by molar-refractivity contribution is 9.10. The second-order valence-electron chi connectivity index (χ2n) is 3.77. The van der Waals surface area contributed by atoms with Gasteiger partial charge in [0.2, 0.25) is 11.6 Å². The van der Waals surface area contributed by atoms with Crippen molar-refractivity contribution in [3.8, 4) is 5.88 Å². The van der Waals surface area contributed by atoms with E-state index in [9.17, 15) is 19.5 Å². The number of nitrogens with zero attached hydrogens (tertiary/aromatic N) is 2. The van der Waals surface area contributed by atoms with Crippen LogP contribution in [0.5, 0.6) is 5.88 Å². The Morgan fingerprint density at radius 1 is 1.19 bits per heavy atom. The minimum atomic E-state index is -1.23. The number of carbonyl (C=O) groups is 1. The first kappa shape index (κ1) is 14.7. The number of nitrogens with one attached hydrogen (secondary N) is 2. The second-order valence-corrected chi connectivity index (χ2v) is 4.69. The van der Waals surface area contributed by atoms with Crippen LogP contribution in [0, 0.1) is 0 Å². The molecule has 2 rings (SSSR count). The number of aromatic amines is 2. The first-order chi connectivity index (χ1) is 9.88. The van der Waals surface area contributed by atoms with Gasteiger partial charge in [0, 0.05) is 4.47 Å². The molecule has 0 amide bonds. The average Bonchev–Trinajstić information content (AvgIpc) is 2.38. The molecule has 0 aliphatic rings. The quantitative estimate of drug-likeness (QED) is 0.618. The van der Waals surface area contributed by atoms with E-state index in [1.54, 1.807) is 0 Å². The summed E-state index contributed by atoms with van der Waals surface area (Å²) in [5.41, 5.74) is -2.54. The van der Waals surface area contributed by atoms with Gasteiger partial charge in [-0.3, -0.25) is 14.8 Å². The van der Waals surface area contributed by atoms with Crippen LogP contribution in [0.2, 0.25) is 0 Å². The third-order valence-corrected chi connectivity index (χ3v) is 2.84. The van der Waals surface area contributed by atoms with Gasteiger partial charge in [-0.05, 0) is 18.2 Å². The van der Waals surface area contributed by atoms with Crippen LogP contribution in [0.3, 0.4) is 0 Å². The number of benzene rings is 1. The maximum atomic E-state index is 11.4. The molecule has 0 saturated carbocycles. The van der Waals surface area contributed by atoms with Gasteiger partial charge in [0.25, 0.3) is 5.56 Å². The van der Waals surface area contributed by atoms with Crippen molar-refractivity contribution in [2.24, 2.45) is 10.2 Å². The molecule has 0 aliphatic carbocycles. The molecule has 1 aromatic heterocycles. The van der Waals surface area contributed by atoms with Crippen molar-refractivity contribution in [3.05, 3.63) is 49.1 Å². The molecular formula is C11H7BrN4O5. The minimum absolute atomic E-state index is 0.0179. The highest BCUT2D eigenvalue weighted by Crippen LogP contribution is 2.26. The molecule has 10 heteroatoms. The van der Waals surface area contributed by atoms with Crippen LogP contribution >= 0.6 is 15.9 Å². The lowest BCUT2D eigenvalue weighted by Gasteiger charge is -2.00. The number of hydrogen-bond donors (Lipinski definition) is 4. The number of rotatable bonds is 3. The zero-order valence-electron chi connectivity index (χ0n) is 10.1. The highest BCUT2D eigenvalue weighted by Gasteiger charge is 2.12. The van der Waals surface area contributed by atoms with Gasteiger partial charge in [-0.1, -0.05) is 15.9 Å². The smallest absolute Gasteiger partial charge is 0.338 e. The standard InChI is InChI=1S/C11H7BrN4O5/c12-4-1-2-6(5(3-4)10(19)20)15-16-7-8(17)13-11(21)14-9(7)18/h1-3H,(H,19,20)(H3,13,14,17,18,21). The summed E-state index contributed by atoms with van der Waals surface area (Å²) in [6.07, 6.45) is 0. The molecule has 0 spiro atoms. The van der Waals surface area contributed by atoms with Crippen molar-refractivity contribution >= 4 is 33.3 Å². The lowest BCUT2D eigenvalue weighted by Crippen LogP contribution is -2.20. The Morgan fingerprint density at radius 2 is 1.90 bits per heavy atom. The van der Waals surface area contributed by atoms with Gasteiger partial charge in [-0.25, -0.2) is 9.59 Å². The van der Waals surface area contributed by atoms with Crippen LogP contribution in [0.15, 0.2) is 42.5 Å². The maximum Gasteiger partial charge on any atom is 0.338 e. The topological polar surface area (TPSA) is 148 Å². The summed E-state index contributed by atoms with van der Waals surface area (Å²) in [7, 11) is 0. The highest BCUT2D eigenvalue weighted by atomic mass is 79.9. The minimum Gasteiger partial charge on any atom is -0.493 e. The van der Waals surface area contributed by atoms with Crippen molar-refractivity contribution in [1.82, 2.24) is 9.97 Å². The molecule has 1 aromatic carbocycles. The summed E-state index contributed by atoms with van der Waals surface area (Å²) < 4.78 is 0.531. The molecule has 9 nitrogen and oxygen atoms in total. The monoisotopic (exact) mass is 354 g/mol. The number of hydrogen-bond acceptors (Lipinski definition) is 6. The SMILES string of the molecule is O=C(O)c1cc(Br)ccc1N=Nc1c(O)[nH]c(=O)[nH]c1=O. The maximum absolute atomic E-state index is 11.4. The average molecular weight is 355 g/mol. The Morgan fingerprint density at radius 3 is 2.52 bits per heavy atom. The molecule has 21 heavy (non-hydrogen) atoms. The van der Waals surface area contributed by atoms with E-state index >= 15 is 0 Å². The molecule has 0 atom stereocenters. The van der Waals surface area contributed by atoms with E-state index in [1.807, 2.05) is 9.97 Å². The van der Waals surface area contributed by atoms with Gasteiger partial charge in [-0.15, -0.1) is 10.2 Å². The Labute approximate surface area is 124 Å². The zero-order chi connectivity index (χ0) is 15.6. The molecule has 0 bridgehead atoms. The van der Waals surface area contributed by atoms with Crippen LogP contribution in [0.1, 0.15) is 10.4 Å². The number of azo groups is 1. The molecule has 4 N–H and O–H groups in total. The molecule has 0 saturated heterocycles. The van der Waals surface area contributed by atoms with Gasteiger partial charge in [-0.2, -0.15) is 0 Å². The van der Waals surface area contributed by atoms with Crippen molar-refractivity contribution < 1.29 is 15.0 Å². The van der Waals surface area contributed by atoms with E-state index < -0.39 is 28.8 Å². The number of H-pyrrole nitrogens is 2. The van der Waals surface area contributed by atoms with Crippen LogP contribution in [-0.4, -0.2) is 26.2 Å². The summed E-state index contributed by atoms with van der Waals surface area (Å²) in [5, 5.41) is 25.5. The van der Waals surface area contributed by atoms with E-state index in [1.165, 1.54) is 18.2 Å². The second kappa shape index (κ2) is 5.71. The van der Waals surface area contributed by atoms with Crippen LogP contribution in [0.25, 0.3) is 0 Å². The molecule has 1 heterocycles. The van der Waals surface area contributed by atoms with Crippen molar-refractivity contribution in [2.75, 3.05) is 0 Å². The van der Waals surface area contributed by atoms with Gasteiger partial charge in [0.05, 0.1) is 5.56 Å². The van der Waals surface area contributed by atoms with Crippen LogP contribution < -0.4 is 11.2 Å². The summed E-state index contributed by atoms with van der Waals surface area (Å²) in [4.78, 5) is 37.2. The Hall–Kier alpha value is -2.75.